The SMILES string of the molecule is CCOC(=O)[C@@H]1CCCN1C(=O)OCC(C)C. The molecule has 5 nitrogen and oxygen atoms in total. The Labute approximate surface area is 102 Å². The maximum Gasteiger partial charge on any atom is 0.410 e. The smallest absolute Gasteiger partial charge is 0.410 e. The first kappa shape index (κ1) is 13.8. The minimum atomic E-state index is -0.463. The van der Waals surface area contributed by atoms with Gasteiger partial charge in [-0.15, -0.1) is 0 Å². The van der Waals surface area contributed by atoms with E-state index in [2.05, 4.69) is 0 Å². The van der Waals surface area contributed by atoms with Crippen molar-refractivity contribution in [3.63, 3.8) is 0 Å². The average Bonchev–Trinajstić information content (AvgIpc) is 2.75. The fourth-order valence-electron chi connectivity index (χ4n) is 1.79. The first-order valence-electron chi connectivity index (χ1n) is 6.16. The highest BCUT2D eigenvalue weighted by atomic mass is 16.6. The fourth-order valence-corrected chi connectivity index (χ4v) is 1.79. The number of amides is 1. The number of esters is 1. The van der Waals surface area contributed by atoms with E-state index in [-0.39, 0.29) is 5.97 Å². The van der Waals surface area contributed by atoms with Crippen molar-refractivity contribution in [1.29, 1.82) is 0 Å². The average molecular weight is 243 g/mol. The van der Waals surface area contributed by atoms with Gasteiger partial charge in [0.2, 0.25) is 0 Å². The summed E-state index contributed by atoms with van der Waals surface area (Å²) in [5.74, 6) is -0.0332. The summed E-state index contributed by atoms with van der Waals surface area (Å²) < 4.78 is 10.1. The molecule has 1 heterocycles. The van der Waals surface area contributed by atoms with E-state index in [1.165, 1.54) is 4.90 Å². The van der Waals surface area contributed by atoms with Crippen molar-refractivity contribution in [3.8, 4) is 0 Å². The van der Waals surface area contributed by atoms with Crippen LogP contribution in [0.3, 0.4) is 0 Å². The summed E-state index contributed by atoms with van der Waals surface area (Å²) in [5.41, 5.74) is 0. The third kappa shape index (κ3) is 3.91. The maximum atomic E-state index is 11.8. The van der Waals surface area contributed by atoms with Gasteiger partial charge in [-0.05, 0) is 25.7 Å². The molecule has 0 aromatic rings. The maximum absolute atomic E-state index is 11.8. The van der Waals surface area contributed by atoms with E-state index in [1.54, 1.807) is 6.92 Å². The Bertz CT molecular complexity index is 278. The zero-order chi connectivity index (χ0) is 12.8. The number of hydrogen-bond donors (Lipinski definition) is 0. The predicted molar refractivity (Wildman–Crippen MR) is 62.5 cm³/mol. The largest absolute Gasteiger partial charge is 0.464 e. The molecule has 0 bridgehead atoms. The molecule has 1 aliphatic heterocycles. The molecule has 0 N–H and O–H groups in total. The van der Waals surface area contributed by atoms with Crippen LogP contribution in [0.1, 0.15) is 33.6 Å². The lowest BCUT2D eigenvalue weighted by Crippen LogP contribution is -2.42. The molecule has 1 rings (SSSR count). The molecule has 0 unspecified atom stereocenters. The second kappa shape index (κ2) is 6.47. The Morgan fingerprint density at radius 3 is 2.65 bits per heavy atom. The molecule has 0 saturated carbocycles. The zero-order valence-electron chi connectivity index (χ0n) is 10.8. The van der Waals surface area contributed by atoms with E-state index in [0.29, 0.717) is 32.1 Å². The van der Waals surface area contributed by atoms with Crippen LogP contribution in [0.15, 0.2) is 0 Å². The van der Waals surface area contributed by atoms with E-state index in [1.807, 2.05) is 13.8 Å². The number of rotatable bonds is 4. The van der Waals surface area contributed by atoms with Crippen molar-refractivity contribution in [3.05, 3.63) is 0 Å². The molecule has 0 radical (unpaired) electrons. The van der Waals surface area contributed by atoms with E-state index in [0.717, 1.165) is 6.42 Å². The van der Waals surface area contributed by atoms with Crippen LogP contribution < -0.4 is 0 Å². The van der Waals surface area contributed by atoms with Gasteiger partial charge >= 0.3 is 12.1 Å². The van der Waals surface area contributed by atoms with Gasteiger partial charge in [-0.25, -0.2) is 9.59 Å². The van der Waals surface area contributed by atoms with Gasteiger partial charge in [0.15, 0.2) is 0 Å². The second-order valence-corrected chi connectivity index (χ2v) is 4.57. The molecule has 1 aliphatic rings. The standard InChI is InChI=1S/C12H21NO4/c1-4-16-11(14)10-6-5-7-13(10)12(15)17-8-9(2)3/h9-10H,4-8H2,1-3H3/t10-/m0/s1. The Morgan fingerprint density at radius 1 is 1.35 bits per heavy atom. The van der Waals surface area contributed by atoms with Gasteiger partial charge < -0.3 is 9.47 Å². The Kier molecular flexibility index (Phi) is 5.25. The Balaban J connectivity index is 2.50. The number of hydrogen-bond acceptors (Lipinski definition) is 4. The van der Waals surface area contributed by atoms with Crippen molar-refractivity contribution >= 4 is 12.1 Å². The van der Waals surface area contributed by atoms with Crippen LogP contribution in [0, 0.1) is 5.92 Å². The van der Waals surface area contributed by atoms with Crippen LogP contribution in [0.4, 0.5) is 4.79 Å². The highest BCUT2D eigenvalue weighted by Crippen LogP contribution is 2.19. The number of likely N-dealkylation sites (tertiary alicyclic amines) is 1. The number of carbonyl (C=O) groups is 2. The Morgan fingerprint density at radius 2 is 2.06 bits per heavy atom. The van der Waals surface area contributed by atoms with Crippen LogP contribution in [0.5, 0.6) is 0 Å². The molecule has 1 atom stereocenters. The third-order valence-electron chi connectivity index (χ3n) is 2.59. The highest BCUT2D eigenvalue weighted by Gasteiger charge is 2.36. The summed E-state index contributed by atoms with van der Waals surface area (Å²) in [6.45, 7) is 6.99. The molecule has 5 heteroatoms. The molecule has 17 heavy (non-hydrogen) atoms. The normalized spacial score (nSPS) is 19.5. The lowest BCUT2D eigenvalue weighted by atomic mass is 10.2. The summed E-state index contributed by atoms with van der Waals surface area (Å²) in [6, 6.07) is -0.463. The minimum absolute atomic E-state index is 0.294. The molecular formula is C12H21NO4. The first-order chi connectivity index (χ1) is 8.06. The monoisotopic (exact) mass is 243 g/mol. The topological polar surface area (TPSA) is 55.8 Å². The van der Waals surface area contributed by atoms with Crippen molar-refractivity contribution in [1.82, 2.24) is 4.90 Å². The molecule has 0 aromatic heterocycles. The number of nitrogens with zero attached hydrogens (tertiary/aromatic N) is 1. The molecule has 98 valence electrons. The van der Waals surface area contributed by atoms with Crippen molar-refractivity contribution in [2.75, 3.05) is 19.8 Å². The highest BCUT2D eigenvalue weighted by molar-refractivity contribution is 5.82. The lowest BCUT2D eigenvalue weighted by Gasteiger charge is -2.22. The fraction of sp³-hybridized carbons (Fsp3) is 0.833. The molecular weight excluding hydrogens is 222 g/mol. The van der Waals surface area contributed by atoms with Gasteiger partial charge in [-0.3, -0.25) is 4.90 Å². The summed E-state index contributed by atoms with van der Waals surface area (Å²) in [5, 5.41) is 0. The summed E-state index contributed by atoms with van der Waals surface area (Å²) in [4.78, 5) is 24.9. The summed E-state index contributed by atoms with van der Waals surface area (Å²) in [6.07, 6.45) is 1.07. The van der Waals surface area contributed by atoms with E-state index in [4.69, 9.17) is 9.47 Å². The lowest BCUT2D eigenvalue weighted by molar-refractivity contribution is -0.147. The number of ether oxygens (including phenoxy) is 2. The van der Waals surface area contributed by atoms with Gasteiger partial charge in [-0.1, -0.05) is 13.8 Å². The van der Waals surface area contributed by atoms with E-state index >= 15 is 0 Å². The van der Waals surface area contributed by atoms with Crippen LogP contribution in [-0.4, -0.2) is 42.8 Å². The van der Waals surface area contributed by atoms with Gasteiger partial charge in [0.1, 0.15) is 6.04 Å². The quantitative estimate of drug-likeness (QED) is 0.706. The van der Waals surface area contributed by atoms with E-state index in [9.17, 15) is 9.59 Å². The second-order valence-electron chi connectivity index (χ2n) is 4.57. The zero-order valence-corrected chi connectivity index (χ0v) is 10.8. The van der Waals surface area contributed by atoms with E-state index < -0.39 is 12.1 Å². The predicted octanol–water partition coefficient (Wildman–Crippen LogP) is 1.81. The van der Waals surface area contributed by atoms with Crippen LogP contribution in [0.2, 0.25) is 0 Å². The Hall–Kier alpha value is -1.26. The van der Waals surface area contributed by atoms with Crippen molar-refractivity contribution < 1.29 is 19.1 Å². The van der Waals surface area contributed by atoms with Gasteiger partial charge in [0.25, 0.3) is 0 Å². The van der Waals surface area contributed by atoms with Gasteiger partial charge in [-0.2, -0.15) is 0 Å². The van der Waals surface area contributed by atoms with Crippen LogP contribution in [-0.2, 0) is 14.3 Å². The molecule has 1 fully saturated rings. The third-order valence-corrected chi connectivity index (χ3v) is 2.59. The molecule has 0 aliphatic carbocycles. The van der Waals surface area contributed by atoms with Crippen LogP contribution in [0.25, 0.3) is 0 Å². The molecule has 0 aromatic carbocycles. The minimum Gasteiger partial charge on any atom is -0.464 e. The van der Waals surface area contributed by atoms with Crippen molar-refractivity contribution in [2.45, 2.75) is 39.7 Å². The van der Waals surface area contributed by atoms with Crippen molar-refractivity contribution in [2.24, 2.45) is 5.92 Å². The number of carbonyl (C=O) groups excluding carboxylic acids is 2. The van der Waals surface area contributed by atoms with Gasteiger partial charge in [0.05, 0.1) is 13.2 Å². The molecule has 1 saturated heterocycles. The summed E-state index contributed by atoms with van der Waals surface area (Å²) >= 11 is 0. The van der Waals surface area contributed by atoms with Crippen LogP contribution >= 0.6 is 0 Å². The molecule has 1 amide bonds. The molecule has 0 spiro atoms. The van der Waals surface area contributed by atoms with Gasteiger partial charge in [0, 0.05) is 6.54 Å². The first-order valence-corrected chi connectivity index (χ1v) is 6.16. The summed E-state index contributed by atoms with van der Waals surface area (Å²) in [7, 11) is 0.